The molecule has 2 aromatic rings. The number of para-hydroxylation sites is 1. The van der Waals surface area contributed by atoms with Gasteiger partial charge < -0.3 is 5.32 Å². The molecule has 138 valence electrons. The molecule has 1 N–H and O–H groups in total. The number of hydrogen-bond donors (Lipinski definition) is 1. The molecular formula is C20H24N2O3S. The van der Waals surface area contributed by atoms with E-state index in [1.807, 2.05) is 24.3 Å². The number of nitrogens with zero attached hydrogens (tertiary/aromatic N) is 1. The van der Waals surface area contributed by atoms with Crippen LogP contribution in [0.25, 0.3) is 0 Å². The fourth-order valence-corrected chi connectivity index (χ4v) is 4.81. The van der Waals surface area contributed by atoms with Crippen molar-refractivity contribution in [2.45, 2.75) is 32.6 Å². The van der Waals surface area contributed by atoms with E-state index in [0.717, 1.165) is 17.7 Å². The fourth-order valence-electron chi connectivity index (χ4n) is 3.17. The van der Waals surface area contributed by atoms with Crippen LogP contribution in [0.15, 0.2) is 48.5 Å². The van der Waals surface area contributed by atoms with Gasteiger partial charge in [0.15, 0.2) is 0 Å². The Morgan fingerprint density at radius 3 is 2.38 bits per heavy atom. The second-order valence-corrected chi connectivity index (χ2v) is 8.85. The third-order valence-electron chi connectivity index (χ3n) is 4.60. The second kappa shape index (κ2) is 7.50. The molecule has 26 heavy (non-hydrogen) atoms. The molecule has 6 heteroatoms. The van der Waals surface area contributed by atoms with Crippen LogP contribution in [0.2, 0.25) is 0 Å². The molecule has 2 aromatic carbocycles. The Hall–Kier alpha value is -2.34. The number of nitrogens with one attached hydrogen (secondary N) is 1. The normalized spacial score (nSPS) is 16.5. The van der Waals surface area contributed by atoms with Crippen LogP contribution in [0.3, 0.4) is 0 Å². The lowest BCUT2D eigenvalue weighted by Crippen LogP contribution is -2.37. The molecule has 0 unspecified atom stereocenters. The molecule has 0 aromatic heterocycles. The summed E-state index contributed by atoms with van der Waals surface area (Å²) in [5, 5.41) is 2.95. The van der Waals surface area contributed by atoms with E-state index in [4.69, 9.17) is 0 Å². The zero-order chi connectivity index (χ0) is 18.7. The first kappa shape index (κ1) is 18.5. The molecule has 1 aliphatic rings. The van der Waals surface area contributed by atoms with Gasteiger partial charge in [-0.25, -0.2) is 8.42 Å². The molecule has 0 aliphatic carbocycles. The van der Waals surface area contributed by atoms with Crippen molar-refractivity contribution in [2.24, 2.45) is 0 Å². The highest BCUT2D eigenvalue weighted by molar-refractivity contribution is 7.92. The highest BCUT2D eigenvalue weighted by Crippen LogP contribution is 2.26. The first-order valence-electron chi connectivity index (χ1n) is 8.89. The summed E-state index contributed by atoms with van der Waals surface area (Å²) in [4.78, 5) is 12.6. The van der Waals surface area contributed by atoms with Crippen LogP contribution in [-0.2, 0) is 10.0 Å². The van der Waals surface area contributed by atoms with Crippen LogP contribution in [0.4, 0.5) is 11.4 Å². The molecule has 1 fully saturated rings. The summed E-state index contributed by atoms with van der Waals surface area (Å²) in [7, 11) is -3.24. The zero-order valence-corrected chi connectivity index (χ0v) is 15.9. The Morgan fingerprint density at radius 2 is 1.73 bits per heavy atom. The lowest BCUT2D eigenvalue weighted by Gasteiger charge is -2.28. The van der Waals surface area contributed by atoms with Crippen LogP contribution in [0, 0.1) is 0 Å². The van der Waals surface area contributed by atoms with Crippen molar-refractivity contribution in [2.75, 3.05) is 21.9 Å². The molecule has 1 saturated heterocycles. The van der Waals surface area contributed by atoms with Crippen LogP contribution < -0.4 is 9.62 Å². The third kappa shape index (κ3) is 3.90. The molecule has 0 radical (unpaired) electrons. The number of rotatable bonds is 4. The van der Waals surface area contributed by atoms with E-state index in [9.17, 15) is 13.2 Å². The van der Waals surface area contributed by atoms with Gasteiger partial charge in [0.2, 0.25) is 10.0 Å². The predicted molar refractivity (Wildman–Crippen MR) is 105 cm³/mol. The fraction of sp³-hybridized carbons (Fsp3) is 0.350. The molecule has 1 amide bonds. The summed E-state index contributed by atoms with van der Waals surface area (Å²) in [5.41, 5.74) is 3.00. The van der Waals surface area contributed by atoms with E-state index in [0.29, 0.717) is 30.1 Å². The number of benzene rings is 2. The molecular weight excluding hydrogens is 348 g/mol. The van der Waals surface area contributed by atoms with Gasteiger partial charge in [-0.1, -0.05) is 32.0 Å². The summed E-state index contributed by atoms with van der Waals surface area (Å²) in [6.45, 7) is 4.66. The average molecular weight is 372 g/mol. The molecule has 0 atom stereocenters. The summed E-state index contributed by atoms with van der Waals surface area (Å²) in [5.74, 6) is 0.283. The van der Waals surface area contributed by atoms with Gasteiger partial charge in [0.05, 0.1) is 11.4 Å². The van der Waals surface area contributed by atoms with Gasteiger partial charge in [0.25, 0.3) is 5.91 Å². The SMILES string of the molecule is CC(C)c1ccccc1NC(=O)c1ccc(N2CCCCS2(=O)=O)cc1. The first-order valence-corrected chi connectivity index (χ1v) is 10.5. The number of anilines is 2. The van der Waals surface area contributed by atoms with E-state index in [2.05, 4.69) is 19.2 Å². The maximum absolute atomic E-state index is 12.6. The molecule has 5 nitrogen and oxygen atoms in total. The molecule has 1 aliphatic heterocycles. The Morgan fingerprint density at radius 1 is 1.04 bits per heavy atom. The minimum atomic E-state index is -3.24. The second-order valence-electron chi connectivity index (χ2n) is 6.84. The van der Waals surface area contributed by atoms with Crippen molar-refractivity contribution in [3.8, 4) is 0 Å². The van der Waals surface area contributed by atoms with Crippen molar-refractivity contribution in [1.29, 1.82) is 0 Å². The van der Waals surface area contributed by atoms with Gasteiger partial charge in [-0.3, -0.25) is 9.10 Å². The van der Waals surface area contributed by atoms with Crippen LogP contribution >= 0.6 is 0 Å². The maximum atomic E-state index is 12.6. The van der Waals surface area contributed by atoms with Gasteiger partial charge in [-0.2, -0.15) is 0 Å². The van der Waals surface area contributed by atoms with Crippen molar-refractivity contribution >= 4 is 27.3 Å². The summed E-state index contributed by atoms with van der Waals surface area (Å²) in [6.07, 6.45) is 1.56. The third-order valence-corrected chi connectivity index (χ3v) is 6.47. The minimum Gasteiger partial charge on any atom is -0.322 e. The smallest absolute Gasteiger partial charge is 0.255 e. The summed E-state index contributed by atoms with van der Waals surface area (Å²) < 4.78 is 25.8. The van der Waals surface area contributed by atoms with Crippen LogP contribution in [0.1, 0.15) is 48.5 Å². The van der Waals surface area contributed by atoms with E-state index in [1.54, 1.807) is 24.3 Å². The average Bonchev–Trinajstić information content (AvgIpc) is 2.62. The van der Waals surface area contributed by atoms with Gasteiger partial charge in [0.1, 0.15) is 0 Å². The van der Waals surface area contributed by atoms with E-state index in [-0.39, 0.29) is 11.7 Å². The van der Waals surface area contributed by atoms with Gasteiger partial charge in [-0.15, -0.1) is 0 Å². The number of amides is 1. The van der Waals surface area contributed by atoms with Crippen LogP contribution in [-0.4, -0.2) is 26.6 Å². The molecule has 1 heterocycles. The number of carbonyl (C=O) groups excluding carboxylic acids is 1. The van der Waals surface area contributed by atoms with Crippen LogP contribution in [0.5, 0.6) is 0 Å². The Labute approximate surface area is 155 Å². The first-order chi connectivity index (χ1) is 12.4. The van der Waals surface area contributed by atoms with E-state index >= 15 is 0 Å². The lowest BCUT2D eigenvalue weighted by atomic mass is 10.0. The highest BCUT2D eigenvalue weighted by Gasteiger charge is 2.26. The van der Waals surface area contributed by atoms with Crippen molar-refractivity contribution in [1.82, 2.24) is 0 Å². The predicted octanol–water partition coefficient (Wildman–Crippen LogP) is 3.99. The van der Waals surface area contributed by atoms with Gasteiger partial charge >= 0.3 is 0 Å². The Kier molecular flexibility index (Phi) is 5.32. The molecule has 0 bridgehead atoms. The minimum absolute atomic E-state index is 0.182. The zero-order valence-electron chi connectivity index (χ0n) is 15.1. The monoisotopic (exact) mass is 372 g/mol. The maximum Gasteiger partial charge on any atom is 0.255 e. The lowest BCUT2D eigenvalue weighted by molar-refractivity contribution is 0.102. The number of hydrogen-bond acceptors (Lipinski definition) is 3. The number of sulfonamides is 1. The molecule has 0 spiro atoms. The van der Waals surface area contributed by atoms with Gasteiger partial charge in [0, 0.05) is 17.8 Å². The number of carbonyl (C=O) groups is 1. The van der Waals surface area contributed by atoms with Gasteiger partial charge in [-0.05, 0) is 54.7 Å². The quantitative estimate of drug-likeness (QED) is 0.882. The Balaban J connectivity index is 1.78. The van der Waals surface area contributed by atoms with E-state index < -0.39 is 10.0 Å². The highest BCUT2D eigenvalue weighted by atomic mass is 32.2. The van der Waals surface area contributed by atoms with E-state index in [1.165, 1.54) is 4.31 Å². The molecule has 3 rings (SSSR count). The topological polar surface area (TPSA) is 66.5 Å². The van der Waals surface area contributed by atoms with Crippen molar-refractivity contribution in [3.63, 3.8) is 0 Å². The largest absolute Gasteiger partial charge is 0.322 e. The Bertz CT molecular complexity index is 890. The molecule has 0 saturated carbocycles. The summed E-state index contributed by atoms with van der Waals surface area (Å²) >= 11 is 0. The van der Waals surface area contributed by atoms with Crippen molar-refractivity contribution < 1.29 is 13.2 Å². The summed E-state index contributed by atoms with van der Waals surface area (Å²) in [6, 6.07) is 14.5. The standard InChI is InChI=1S/C20H24N2O3S/c1-15(2)18-7-3-4-8-19(18)21-20(23)16-9-11-17(12-10-16)22-13-5-6-14-26(22,24)25/h3-4,7-12,15H,5-6,13-14H2,1-2H3,(H,21,23). The van der Waals surface area contributed by atoms with Crippen molar-refractivity contribution in [3.05, 3.63) is 59.7 Å².